The zero-order chi connectivity index (χ0) is 15.7. The summed E-state index contributed by atoms with van der Waals surface area (Å²) in [5.41, 5.74) is -0.304. The molecule has 2 rings (SSSR count). The van der Waals surface area contributed by atoms with Gasteiger partial charge in [-0.1, -0.05) is 13.8 Å². The van der Waals surface area contributed by atoms with Gasteiger partial charge in [-0.15, -0.1) is 0 Å². The minimum atomic E-state index is -0.459. The summed E-state index contributed by atoms with van der Waals surface area (Å²) in [6.45, 7) is 5.57. The van der Waals surface area contributed by atoms with Crippen molar-refractivity contribution in [3.8, 4) is 0 Å². The first kappa shape index (κ1) is 15.0. The van der Waals surface area contributed by atoms with Crippen molar-refractivity contribution in [2.24, 2.45) is 13.0 Å². The molecule has 0 aliphatic rings. The third-order valence-electron chi connectivity index (χ3n) is 3.05. The molecule has 0 saturated carbocycles. The van der Waals surface area contributed by atoms with Gasteiger partial charge in [-0.25, -0.2) is 9.78 Å². The lowest BCUT2D eigenvalue weighted by Crippen LogP contribution is -2.39. The lowest BCUT2D eigenvalue weighted by atomic mass is 10.2. The van der Waals surface area contributed by atoms with E-state index in [1.165, 1.54) is 29.4 Å². The summed E-state index contributed by atoms with van der Waals surface area (Å²) in [6, 6.07) is 0. The van der Waals surface area contributed by atoms with Crippen molar-refractivity contribution < 1.29 is 9.53 Å². The van der Waals surface area contributed by atoms with Gasteiger partial charge < -0.3 is 4.74 Å². The molecule has 0 aromatic carbocycles. The van der Waals surface area contributed by atoms with E-state index in [2.05, 4.69) is 4.98 Å². The summed E-state index contributed by atoms with van der Waals surface area (Å²) in [5, 5.41) is 0. The number of carbonyl (C=O) groups is 1. The predicted octanol–water partition coefficient (Wildman–Crippen LogP) is 0.0733. The van der Waals surface area contributed by atoms with Crippen LogP contribution in [0.3, 0.4) is 0 Å². The number of hydrogen-bond donors (Lipinski definition) is 0. The number of rotatable bonds is 4. The Labute approximate surface area is 120 Å². The topological polar surface area (TPSA) is 88.1 Å². The average molecular weight is 294 g/mol. The summed E-state index contributed by atoms with van der Waals surface area (Å²) >= 11 is 0. The molecular formula is C13H18N4O4. The van der Waals surface area contributed by atoms with Gasteiger partial charge in [0.25, 0.3) is 5.56 Å². The van der Waals surface area contributed by atoms with E-state index in [0.717, 1.165) is 4.57 Å². The maximum atomic E-state index is 12.3. The normalized spacial score (nSPS) is 11.3. The Morgan fingerprint density at radius 1 is 1.38 bits per heavy atom. The van der Waals surface area contributed by atoms with E-state index < -0.39 is 17.2 Å². The van der Waals surface area contributed by atoms with Gasteiger partial charge in [-0.05, 0) is 5.92 Å². The molecule has 0 spiro atoms. The van der Waals surface area contributed by atoms with Gasteiger partial charge in [-0.2, -0.15) is 0 Å². The second-order valence-electron chi connectivity index (χ2n) is 5.30. The van der Waals surface area contributed by atoms with E-state index in [1.54, 1.807) is 0 Å². The van der Waals surface area contributed by atoms with Gasteiger partial charge in [0.1, 0.15) is 6.33 Å². The van der Waals surface area contributed by atoms with Gasteiger partial charge in [0.15, 0.2) is 17.9 Å². The van der Waals surface area contributed by atoms with Crippen LogP contribution in [0.4, 0.5) is 0 Å². The molecule has 0 aliphatic carbocycles. The second-order valence-corrected chi connectivity index (χ2v) is 5.30. The van der Waals surface area contributed by atoms with Crippen LogP contribution in [0, 0.1) is 5.92 Å². The summed E-state index contributed by atoms with van der Waals surface area (Å²) < 4.78 is 8.82. The van der Waals surface area contributed by atoms with Crippen molar-refractivity contribution in [3.63, 3.8) is 0 Å². The van der Waals surface area contributed by atoms with Crippen molar-refractivity contribution in [2.45, 2.75) is 34.0 Å². The molecule has 0 N–H and O–H groups in total. The lowest BCUT2D eigenvalue weighted by molar-refractivity contribution is -0.144. The number of hydrogen-bond acceptors (Lipinski definition) is 5. The molecule has 8 nitrogen and oxygen atoms in total. The van der Waals surface area contributed by atoms with E-state index in [1.807, 2.05) is 13.8 Å². The molecule has 2 aromatic heterocycles. The van der Waals surface area contributed by atoms with E-state index in [-0.39, 0.29) is 18.2 Å². The van der Waals surface area contributed by atoms with Gasteiger partial charge >= 0.3 is 11.7 Å². The second kappa shape index (κ2) is 5.55. The van der Waals surface area contributed by atoms with Crippen LogP contribution in [0.25, 0.3) is 11.2 Å². The highest BCUT2D eigenvalue weighted by Gasteiger charge is 2.17. The highest BCUT2D eigenvalue weighted by atomic mass is 16.5. The minimum Gasteiger partial charge on any atom is -0.444 e. The van der Waals surface area contributed by atoms with Crippen LogP contribution in [0.15, 0.2) is 15.9 Å². The molecule has 21 heavy (non-hydrogen) atoms. The molecule has 2 heterocycles. The molecule has 0 unspecified atom stereocenters. The van der Waals surface area contributed by atoms with Crippen molar-refractivity contribution in [3.05, 3.63) is 27.2 Å². The Bertz CT molecular complexity index is 797. The smallest absolute Gasteiger partial charge is 0.332 e. The molecule has 0 fully saturated rings. The van der Waals surface area contributed by atoms with Crippen LogP contribution >= 0.6 is 0 Å². The maximum absolute atomic E-state index is 12.3. The molecular weight excluding hydrogens is 276 g/mol. The molecule has 0 radical (unpaired) electrons. The van der Waals surface area contributed by atoms with E-state index in [4.69, 9.17) is 4.74 Å². The highest BCUT2D eigenvalue weighted by molar-refractivity contribution is 5.70. The van der Waals surface area contributed by atoms with Crippen LogP contribution < -0.4 is 11.2 Å². The van der Waals surface area contributed by atoms with Crippen LogP contribution in [-0.4, -0.2) is 24.7 Å². The Hall–Kier alpha value is -2.38. The average Bonchev–Trinajstić information content (AvgIpc) is 2.82. The highest BCUT2D eigenvalue weighted by Crippen LogP contribution is 2.08. The minimum absolute atomic E-state index is 0.110. The zero-order valence-corrected chi connectivity index (χ0v) is 12.5. The van der Waals surface area contributed by atoms with E-state index in [0.29, 0.717) is 12.2 Å². The number of esters is 1. The molecule has 0 amide bonds. The van der Waals surface area contributed by atoms with E-state index >= 15 is 0 Å². The monoisotopic (exact) mass is 294 g/mol. The maximum Gasteiger partial charge on any atom is 0.332 e. The molecule has 0 bridgehead atoms. The van der Waals surface area contributed by atoms with Gasteiger partial charge in [-0.3, -0.25) is 23.3 Å². The number of aromatic nitrogens is 4. The lowest BCUT2D eigenvalue weighted by Gasteiger charge is -2.11. The Kier molecular flexibility index (Phi) is 3.97. The third kappa shape index (κ3) is 2.74. The van der Waals surface area contributed by atoms with Crippen LogP contribution in [-0.2, 0) is 29.9 Å². The largest absolute Gasteiger partial charge is 0.444 e. The van der Waals surface area contributed by atoms with Crippen LogP contribution in [0.1, 0.15) is 20.8 Å². The summed E-state index contributed by atoms with van der Waals surface area (Å²) in [5.74, 6) is -0.230. The van der Waals surface area contributed by atoms with Crippen LogP contribution in [0.2, 0.25) is 0 Å². The molecule has 0 saturated heterocycles. The Morgan fingerprint density at radius 3 is 2.62 bits per heavy atom. The predicted molar refractivity (Wildman–Crippen MR) is 75.8 cm³/mol. The first-order valence-corrected chi connectivity index (χ1v) is 6.61. The fraction of sp³-hybridized carbons (Fsp3) is 0.538. The van der Waals surface area contributed by atoms with Crippen molar-refractivity contribution >= 4 is 17.1 Å². The van der Waals surface area contributed by atoms with Gasteiger partial charge in [0, 0.05) is 20.5 Å². The Morgan fingerprint density at radius 2 is 2.05 bits per heavy atom. The van der Waals surface area contributed by atoms with Crippen molar-refractivity contribution in [1.82, 2.24) is 18.7 Å². The first-order chi connectivity index (χ1) is 9.82. The number of imidazole rings is 1. The number of carbonyl (C=O) groups excluding carboxylic acids is 1. The number of ether oxygens (including phenoxy) is 1. The van der Waals surface area contributed by atoms with Crippen LogP contribution in [0.5, 0.6) is 0 Å². The standard InChI is InChI=1S/C13H18N4O4/c1-8(2)5-17-11-10(12(19)15(4)13(17)20)16(6-14-11)7-21-9(3)18/h6,8H,5,7H2,1-4H3. The fourth-order valence-corrected chi connectivity index (χ4v) is 2.09. The third-order valence-corrected chi connectivity index (χ3v) is 3.05. The molecule has 0 aliphatic heterocycles. The van der Waals surface area contributed by atoms with Crippen molar-refractivity contribution in [2.75, 3.05) is 0 Å². The first-order valence-electron chi connectivity index (χ1n) is 6.61. The summed E-state index contributed by atoms with van der Waals surface area (Å²) in [4.78, 5) is 39.5. The molecule has 114 valence electrons. The molecule has 0 atom stereocenters. The van der Waals surface area contributed by atoms with Gasteiger partial charge in [0.05, 0.1) is 0 Å². The Balaban J connectivity index is 2.68. The zero-order valence-electron chi connectivity index (χ0n) is 12.5. The number of fused-ring (bicyclic) bond motifs is 1. The summed E-state index contributed by atoms with van der Waals surface area (Å²) in [6.07, 6.45) is 1.39. The SMILES string of the molecule is CC(=O)OCn1cnc2c1c(=O)n(C)c(=O)n2CC(C)C. The molecule has 8 heteroatoms. The fourth-order valence-electron chi connectivity index (χ4n) is 2.09. The van der Waals surface area contributed by atoms with Crippen molar-refractivity contribution in [1.29, 1.82) is 0 Å². The molecule has 2 aromatic rings. The number of nitrogens with zero attached hydrogens (tertiary/aromatic N) is 4. The van der Waals surface area contributed by atoms with Gasteiger partial charge in [0.2, 0.25) is 0 Å². The quantitative estimate of drug-likeness (QED) is 0.745. The van der Waals surface area contributed by atoms with E-state index in [9.17, 15) is 14.4 Å². The summed E-state index contributed by atoms with van der Waals surface area (Å²) in [7, 11) is 1.42.